The second-order valence-electron chi connectivity index (χ2n) is 4.48. The number of halogens is 1. The van der Waals surface area contributed by atoms with Crippen molar-refractivity contribution in [2.45, 2.75) is 11.1 Å². The first-order chi connectivity index (χ1) is 10.1. The molecule has 2 radical (unpaired) electrons. The average molecular weight is 423 g/mol. The van der Waals surface area contributed by atoms with E-state index in [0.29, 0.717) is 0 Å². The van der Waals surface area contributed by atoms with Gasteiger partial charge in [0.1, 0.15) is 0 Å². The summed E-state index contributed by atoms with van der Waals surface area (Å²) in [5.74, 6) is 2.36. The minimum atomic E-state index is 0.254. The van der Waals surface area contributed by atoms with Gasteiger partial charge >= 0.3 is 146 Å². The number of ether oxygens (including phenoxy) is 1. The molecule has 1 unspecified atom stereocenters. The molecule has 1 atom stereocenters. The summed E-state index contributed by atoms with van der Waals surface area (Å²) in [5, 5.41) is 2.14. The number of aromatic nitrogens is 1. The van der Waals surface area contributed by atoms with Gasteiger partial charge in [-0.25, -0.2) is 0 Å². The van der Waals surface area contributed by atoms with Crippen LogP contribution in [0.4, 0.5) is 5.82 Å². The molecule has 1 aromatic carbocycles. The van der Waals surface area contributed by atoms with Gasteiger partial charge in [-0.3, -0.25) is 0 Å². The third-order valence-corrected chi connectivity index (χ3v) is 5.58. The third-order valence-electron chi connectivity index (χ3n) is 2.96. The molecule has 0 spiro atoms. The molecule has 1 aliphatic heterocycles. The molecule has 3 nitrogen and oxygen atoms in total. The molecule has 2 heterocycles. The Morgan fingerprint density at radius 2 is 2.10 bits per heavy atom. The van der Waals surface area contributed by atoms with Crippen LogP contribution in [-0.4, -0.2) is 26.0 Å². The maximum atomic E-state index is 6.02. The Morgan fingerprint density at radius 1 is 1.33 bits per heavy atom. The van der Waals surface area contributed by atoms with Gasteiger partial charge in [0.2, 0.25) is 0 Å². The van der Waals surface area contributed by atoms with E-state index in [1.807, 2.05) is 36.4 Å². The molecular formula is C15H12AsBrN2OS. The number of thioether (sulfide) groups is 1. The zero-order chi connectivity index (χ0) is 14.8. The van der Waals surface area contributed by atoms with Crippen molar-refractivity contribution in [1.29, 1.82) is 0 Å². The number of pyridine rings is 1. The van der Waals surface area contributed by atoms with Crippen molar-refractivity contribution in [3.05, 3.63) is 58.2 Å². The van der Waals surface area contributed by atoms with Gasteiger partial charge in [-0.05, 0) is 0 Å². The van der Waals surface area contributed by atoms with Crippen molar-refractivity contribution < 1.29 is 4.74 Å². The van der Waals surface area contributed by atoms with Gasteiger partial charge in [-0.2, -0.15) is 0 Å². The number of hydrogen-bond donors (Lipinski definition) is 0. The summed E-state index contributed by atoms with van der Waals surface area (Å²) in [6.07, 6.45) is 1.79. The number of para-hydroxylation sites is 1. The monoisotopic (exact) mass is 422 g/mol. The molecule has 3 rings (SSSR count). The number of nitrogens with zero attached hydrogens (tertiary/aromatic N) is 2. The van der Waals surface area contributed by atoms with E-state index in [0.717, 1.165) is 21.8 Å². The molecule has 0 saturated carbocycles. The fourth-order valence-corrected chi connectivity index (χ4v) is 4.13. The molecule has 0 aliphatic carbocycles. The van der Waals surface area contributed by atoms with Crippen molar-refractivity contribution in [2.24, 2.45) is 0 Å². The molecule has 0 amide bonds. The van der Waals surface area contributed by atoms with Gasteiger partial charge in [-0.15, -0.1) is 0 Å². The maximum absolute atomic E-state index is 6.02. The summed E-state index contributed by atoms with van der Waals surface area (Å²) in [5.41, 5.74) is 1.17. The number of rotatable bonds is 3. The number of benzene rings is 1. The second kappa shape index (κ2) is 6.47. The predicted molar refractivity (Wildman–Crippen MR) is 91.8 cm³/mol. The van der Waals surface area contributed by atoms with E-state index in [-0.39, 0.29) is 4.16 Å². The van der Waals surface area contributed by atoms with Gasteiger partial charge in [0, 0.05) is 0 Å². The summed E-state index contributed by atoms with van der Waals surface area (Å²) in [7, 11) is 0. The van der Waals surface area contributed by atoms with Gasteiger partial charge in [0.15, 0.2) is 0 Å². The molecule has 0 bridgehead atoms. The molecule has 0 saturated heterocycles. The van der Waals surface area contributed by atoms with Crippen LogP contribution in [0.25, 0.3) is 0 Å². The Hall–Kier alpha value is -0.902. The molecule has 2 aromatic rings. The van der Waals surface area contributed by atoms with Crippen molar-refractivity contribution in [3.63, 3.8) is 0 Å². The quantitative estimate of drug-likeness (QED) is 0.679. The molecule has 106 valence electrons. The van der Waals surface area contributed by atoms with Crippen molar-refractivity contribution >= 4 is 50.4 Å². The first-order valence-electron chi connectivity index (χ1n) is 6.33. The molecule has 1 aromatic heterocycles. The van der Waals surface area contributed by atoms with E-state index in [1.54, 1.807) is 18.0 Å². The molecule has 1 aliphatic rings. The van der Waals surface area contributed by atoms with Crippen molar-refractivity contribution in [3.8, 4) is 11.5 Å². The Morgan fingerprint density at radius 3 is 2.76 bits per heavy atom. The Labute approximate surface area is 145 Å². The SMILES string of the molecule is CC1=CSC([As])N1c1ncc(Br)cc1Oc1ccccc1. The van der Waals surface area contributed by atoms with E-state index >= 15 is 0 Å². The van der Waals surface area contributed by atoms with Crippen LogP contribution < -0.4 is 9.64 Å². The van der Waals surface area contributed by atoms with E-state index in [1.165, 1.54) is 5.70 Å². The first-order valence-corrected chi connectivity index (χ1v) is 9.15. The third kappa shape index (κ3) is 3.31. The summed E-state index contributed by atoms with van der Waals surface area (Å²) in [6, 6.07) is 11.7. The molecule has 21 heavy (non-hydrogen) atoms. The van der Waals surface area contributed by atoms with Gasteiger partial charge < -0.3 is 0 Å². The average Bonchev–Trinajstić information content (AvgIpc) is 2.80. The fraction of sp³-hybridized carbons (Fsp3) is 0.133. The van der Waals surface area contributed by atoms with Crippen LogP contribution in [0, 0.1) is 0 Å². The predicted octanol–water partition coefficient (Wildman–Crippen LogP) is 4.50. The van der Waals surface area contributed by atoms with E-state index < -0.39 is 0 Å². The molecule has 6 heteroatoms. The minimum absolute atomic E-state index is 0.254. The van der Waals surface area contributed by atoms with Crippen molar-refractivity contribution in [1.82, 2.24) is 4.98 Å². The number of hydrogen-bond acceptors (Lipinski definition) is 4. The zero-order valence-electron chi connectivity index (χ0n) is 11.2. The summed E-state index contributed by atoms with van der Waals surface area (Å²) < 4.78 is 7.17. The Kier molecular flexibility index (Phi) is 4.62. The van der Waals surface area contributed by atoms with E-state index in [9.17, 15) is 0 Å². The summed E-state index contributed by atoms with van der Waals surface area (Å²) >= 11 is 7.88. The van der Waals surface area contributed by atoms with E-state index in [4.69, 9.17) is 4.74 Å². The van der Waals surface area contributed by atoms with Crippen LogP contribution in [-0.2, 0) is 0 Å². The summed E-state index contributed by atoms with van der Waals surface area (Å²) in [6.45, 7) is 2.08. The van der Waals surface area contributed by atoms with Crippen molar-refractivity contribution in [2.75, 3.05) is 4.90 Å². The van der Waals surface area contributed by atoms with E-state index in [2.05, 4.69) is 55.0 Å². The van der Waals surface area contributed by atoms with Crippen LogP contribution in [0.5, 0.6) is 11.5 Å². The Balaban J connectivity index is 1.99. The molecule has 0 N–H and O–H groups in total. The van der Waals surface area contributed by atoms with Gasteiger partial charge in [0.05, 0.1) is 0 Å². The normalized spacial score (nSPS) is 17.8. The van der Waals surface area contributed by atoms with Crippen LogP contribution >= 0.6 is 27.7 Å². The first kappa shape index (κ1) is 15.0. The van der Waals surface area contributed by atoms with Gasteiger partial charge in [0.25, 0.3) is 0 Å². The standard InChI is InChI=1S/C15H12AsBrN2OS/c1-10-9-21-15(16)19(10)14-13(7-11(17)8-18-14)20-12-5-3-2-4-6-12/h2-9,15H,1H3. The van der Waals surface area contributed by atoms with Crippen LogP contribution in [0.2, 0.25) is 0 Å². The van der Waals surface area contributed by atoms with Crippen LogP contribution in [0.3, 0.4) is 0 Å². The number of anilines is 1. The fourth-order valence-electron chi connectivity index (χ4n) is 2.01. The molecule has 0 fully saturated rings. The van der Waals surface area contributed by atoms with Gasteiger partial charge in [-0.1, -0.05) is 0 Å². The number of allylic oxidation sites excluding steroid dienone is 1. The summed E-state index contributed by atoms with van der Waals surface area (Å²) in [4.78, 5) is 6.71. The second-order valence-corrected chi connectivity index (χ2v) is 8.14. The zero-order valence-corrected chi connectivity index (χ0v) is 15.5. The topological polar surface area (TPSA) is 25.4 Å². The van der Waals surface area contributed by atoms with Crippen LogP contribution in [0.15, 0.2) is 58.2 Å². The Bertz CT molecular complexity index is 681. The van der Waals surface area contributed by atoms with Crippen LogP contribution in [0.1, 0.15) is 6.92 Å². The molecular weight excluding hydrogens is 411 g/mol.